The summed E-state index contributed by atoms with van der Waals surface area (Å²) < 4.78 is 0. The highest BCUT2D eigenvalue weighted by atomic mass is 16.4. The predicted molar refractivity (Wildman–Crippen MR) is 418 cm³/mol. The van der Waals surface area contributed by atoms with Crippen LogP contribution < -0.4 is 113 Å². The summed E-state index contributed by atoms with van der Waals surface area (Å²) in [6.07, 6.45) is -5.13. The van der Waals surface area contributed by atoms with Crippen LogP contribution in [0.4, 0.5) is 0 Å². The van der Waals surface area contributed by atoms with Crippen molar-refractivity contribution < 1.29 is 132 Å². The Morgan fingerprint density at radius 3 is 1.05 bits per heavy atom. The van der Waals surface area contributed by atoms with Crippen molar-refractivity contribution in [2.24, 2.45) is 28.9 Å². The highest BCUT2D eigenvalue weighted by Crippen LogP contribution is 2.13. The van der Waals surface area contributed by atoms with Gasteiger partial charge in [0.15, 0.2) is 11.9 Å². The smallest absolute Gasteiger partial charge is 0.322 e. The molecule has 1 aromatic carbocycles. The number of carbonyl (C=O) groups is 19. The highest BCUT2D eigenvalue weighted by Gasteiger charge is 2.38. The maximum Gasteiger partial charge on any atom is 0.322 e. The summed E-state index contributed by atoms with van der Waals surface area (Å²) in [5, 5.41) is 132. The normalized spacial score (nSPS) is 14.4. The van der Waals surface area contributed by atoms with Crippen LogP contribution >= 0.6 is 0 Å². The van der Waals surface area contributed by atoms with E-state index in [-0.39, 0.29) is 77.4 Å². The molecule has 0 saturated carbocycles. The maximum absolute atomic E-state index is 14.4. The third kappa shape index (κ3) is 43.1. The summed E-state index contributed by atoms with van der Waals surface area (Å²) in [4.78, 5) is 251. The molecule has 1 aromatic rings. The van der Waals surface area contributed by atoms with Crippen LogP contribution in [0.5, 0.6) is 0 Å². The number of unbranched alkanes of at least 4 members (excludes halogenated alkanes) is 1. The van der Waals surface area contributed by atoms with Crippen LogP contribution in [0, 0.1) is 16.7 Å². The minimum Gasteiger partial charge on any atom is -0.481 e. The number of nitrogens with one attached hydrogen (secondary N) is 19. The average Bonchev–Trinajstić information content (AvgIpc) is 0.832. The number of aliphatic hydroxyl groups is 4. The second-order valence-corrected chi connectivity index (χ2v) is 27.7. The monoisotopic (exact) mass is 1710 g/mol. The number of carboxylic acids is 4. The van der Waals surface area contributed by atoms with Gasteiger partial charge in [0.1, 0.15) is 91.1 Å². The van der Waals surface area contributed by atoms with Gasteiger partial charge in [0.05, 0.1) is 33.0 Å². The van der Waals surface area contributed by atoms with Crippen LogP contribution in [0.2, 0.25) is 0 Å². The van der Waals surface area contributed by atoms with Crippen molar-refractivity contribution in [3.8, 4) is 0 Å². The third-order valence-corrected chi connectivity index (χ3v) is 17.3. The molecule has 672 valence electrons. The molecule has 0 saturated heterocycles. The Labute approximate surface area is 687 Å². The van der Waals surface area contributed by atoms with Gasteiger partial charge in [0.2, 0.25) is 88.6 Å². The van der Waals surface area contributed by atoms with Crippen LogP contribution in [0.25, 0.3) is 0 Å². The molecule has 50 nitrogen and oxygen atoms in total. The molecule has 15 amide bonds. The average molecular weight is 1710 g/mol. The van der Waals surface area contributed by atoms with Crippen molar-refractivity contribution in [2.75, 3.05) is 59.2 Å². The number of nitrogens with two attached hydrogens (primary N) is 4. The fourth-order valence-corrected chi connectivity index (χ4v) is 10.8. The van der Waals surface area contributed by atoms with Gasteiger partial charge in [0, 0.05) is 38.8 Å². The zero-order valence-electron chi connectivity index (χ0n) is 66.7. The number of aliphatic carboxylic acids is 4. The Morgan fingerprint density at radius 1 is 0.342 bits per heavy atom. The molecule has 0 aliphatic heterocycles. The van der Waals surface area contributed by atoms with Crippen LogP contribution in [-0.2, 0) is 97.5 Å². The van der Waals surface area contributed by atoms with Gasteiger partial charge in [-0.1, -0.05) is 44.2 Å². The lowest BCUT2D eigenvalue weighted by Crippen LogP contribution is -2.61. The van der Waals surface area contributed by atoms with Crippen molar-refractivity contribution >= 4 is 124 Å². The Balaban J connectivity index is 3.37. The van der Waals surface area contributed by atoms with E-state index in [2.05, 4.69) is 90.4 Å². The van der Waals surface area contributed by atoms with Crippen LogP contribution in [0.1, 0.15) is 123 Å². The summed E-state index contributed by atoms with van der Waals surface area (Å²) in [6.45, 7) is -0.380. The van der Waals surface area contributed by atoms with Crippen molar-refractivity contribution in [3.05, 3.63) is 35.9 Å². The summed E-state index contributed by atoms with van der Waals surface area (Å²) in [7, 11) is 0. The largest absolute Gasteiger partial charge is 0.481 e. The first-order chi connectivity index (χ1) is 56.5. The number of carbonyl (C=O) groups excluding carboxylic acids is 15. The summed E-state index contributed by atoms with van der Waals surface area (Å²) in [5.74, 6) is -24.0. The Kier molecular flexibility index (Phi) is 49.9. The first-order valence-electron chi connectivity index (χ1n) is 38.0. The number of rotatable bonds is 60. The van der Waals surface area contributed by atoms with Crippen molar-refractivity contribution in [2.45, 2.75) is 209 Å². The van der Waals surface area contributed by atoms with E-state index in [0.29, 0.717) is 5.56 Å². The van der Waals surface area contributed by atoms with E-state index >= 15 is 0 Å². The van der Waals surface area contributed by atoms with Crippen LogP contribution in [0.3, 0.4) is 0 Å². The number of aliphatic hydroxyl groups excluding tert-OH is 4. The molecule has 0 spiro atoms. The van der Waals surface area contributed by atoms with Gasteiger partial charge in [-0.3, -0.25) is 102 Å². The fourth-order valence-electron chi connectivity index (χ4n) is 10.8. The lowest BCUT2D eigenvalue weighted by molar-refractivity contribution is -0.139. The second-order valence-electron chi connectivity index (χ2n) is 27.7. The molecule has 0 bridgehead atoms. The second kappa shape index (κ2) is 56.7. The zero-order valence-corrected chi connectivity index (χ0v) is 66.7. The molecule has 14 atom stereocenters. The van der Waals surface area contributed by atoms with Crippen LogP contribution in [-0.4, -0.2) is 309 Å². The Morgan fingerprint density at radius 2 is 0.667 bits per heavy atom. The maximum atomic E-state index is 14.4. The summed E-state index contributed by atoms with van der Waals surface area (Å²) in [5.41, 5.74) is 22.3. The molecule has 35 N–H and O–H groups in total. The molecular formula is C70H115N23O27. The molecule has 1 rings (SSSR count). The first-order valence-corrected chi connectivity index (χ1v) is 38.0. The molecule has 0 aromatic heterocycles. The Bertz CT molecular complexity index is 3680. The standard InChI is InChI=1S/C70H115N23O27/c1-34(2)26-45(89-68(120)49(33-97)93-63(115)44(19-22-53(103)104)88-65(117)46(27-37-12-6-5-7-13-37)90-60(112)41(16-11-25-78-70(75)76)86-66(118)47(31-95)91-57(109)38(72)30-94)64(116)82-36(4)56(108)81-35(3)55(107)79-28-50(98)83-42(17-20-51(99)100)61(113)85-40(14-8-9-23-71)59(111)87-43(18-21-52(101)102)62(114)92-48(32-96)67(119)84-39(15-10-24-77-69(73)74)58(110)80-29-54(105)106/h5-7,12-13,34-36,38-49,94-97H,8-11,14-33,71-72H2,1-4H3,(H,79,107)(H,80,110)(H,81,108)(H,82,116)(H,83,98)(H,84,119)(H,85,113)(H,86,118)(H,87,111)(H,88,117)(H,89,120)(H,90,112)(H,91,109)(H,92,114)(H,93,115)(H,99,100)(H,101,102)(H,103,104)(H,105,106)(H4,73,74,77)(H4,75,76,78)/t35-,36-,38-,39-,40-,41-,42-,43-,44-,45-,46-,47-,48-,49-/m0/s1. The molecule has 0 unspecified atom stereocenters. The quantitative estimate of drug-likeness (QED) is 0.0164. The van der Waals surface area contributed by atoms with Gasteiger partial charge in [-0.15, -0.1) is 0 Å². The summed E-state index contributed by atoms with van der Waals surface area (Å²) >= 11 is 0. The number of carboxylic acid groups (broad SMARTS) is 4. The molecule has 120 heavy (non-hydrogen) atoms. The minimum atomic E-state index is -1.94. The van der Waals surface area contributed by atoms with E-state index in [0.717, 1.165) is 6.92 Å². The van der Waals surface area contributed by atoms with Crippen LogP contribution in [0.15, 0.2) is 30.3 Å². The predicted octanol–water partition coefficient (Wildman–Crippen LogP) is -12.5. The number of hydrogen-bond donors (Lipinski definition) is 31. The van der Waals surface area contributed by atoms with Gasteiger partial charge in [-0.05, 0) is 103 Å². The number of guanidine groups is 2. The van der Waals surface area contributed by atoms with E-state index in [1.165, 1.54) is 6.92 Å². The third-order valence-electron chi connectivity index (χ3n) is 17.3. The molecule has 0 aliphatic carbocycles. The van der Waals surface area contributed by atoms with E-state index in [9.17, 15) is 127 Å². The summed E-state index contributed by atoms with van der Waals surface area (Å²) in [6, 6.07) is -15.6. The molecule has 0 aliphatic rings. The fraction of sp³-hybridized carbons (Fsp3) is 0.614. The number of amides is 15. The SMILES string of the molecule is CC(C)C[C@H](NC(=O)[C@H](CO)NC(=O)[C@H](CCC(=O)O)NC(=O)[C@H](Cc1ccccc1)NC(=O)[C@H](CCCNC(=N)N)NC(=O)[C@H](CO)NC(=O)[C@@H](N)CO)C(=O)N[C@@H](C)C(=O)N[C@@H](C)C(=O)NCC(=O)N[C@@H](CCC(=O)O)C(=O)N[C@@H](CCCCN)C(=O)N[C@@H](CCC(=O)O)C(=O)N[C@@H](CO)C(=O)N[C@@H](CCCNC(=N)N)C(=O)NCC(=O)O. The lowest BCUT2D eigenvalue weighted by atomic mass is 10.0. The Hall–Kier alpha value is -12.5. The highest BCUT2D eigenvalue weighted by molar-refractivity contribution is 6.01. The van der Waals surface area contributed by atoms with E-state index in [4.69, 9.17) is 38.9 Å². The molecule has 0 heterocycles. The minimum absolute atomic E-state index is 0.0160. The van der Waals surface area contributed by atoms with E-state index in [1.54, 1.807) is 44.2 Å². The number of hydrogen-bond acceptors (Lipinski definition) is 27. The molecular weight excluding hydrogens is 1590 g/mol. The van der Waals surface area contributed by atoms with Gasteiger partial charge in [0.25, 0.3) is 0 Å². The molecule has 0 fully saturated rings. The van der Waals surface area contributed by atoms with E-state index < -0.39 is 293 Å². The zero-order chi connectivity index (χ0) is 90.9. The van der Waals surface area contributed by atoms with Gasteiger partial charge in [-0.25, -0.2) is 0 Å². The van der Waals surface area contributed by atoms with Gasteiger partial charge in [-0.2, -0.15) is 0 Å². The van der Waals surface area contributed by atoms with Crippen molar-refractivity contribution in [3.63, 3.8) is 0 Å². The van der Waals surface area contributed by atoms with Crippen molar-refractivity contribution in [1.29, 1.82) is 10.8 Å². The first kappa shape index (κ1) is 105. The van der Waals surface area contributed by atoms with Crippen molar-refractivity contribution in [1.82, 2.24) is 90.4 Å². The van der Waals surface area contributed by atoms with Gasteiger partial charge >= 0.3 is 23.9 Å². The lowest BCUT2D eigenvalue weighted by Gasteiger charge is -2.28. The number of benzene rings is 1. The topological polar surface area (TPSA) is 842 Å². The van der Waals surface area contributed by atoms with E-state index in [1.807, 2.05) is 0 Å². The van der Waals surface area contributed by atoms with Gasteiger partial charge < -0.3 is 154 Å². The molecule has 50 heteroatoms. The molecule has 0 radical (unpaired) electrons.